The molecule has 0 aromatic heterocycles. The average molecular weight is 180 g/mol. The minimum Gasteiger partial charge on any atom is -0.406 e. The van der Waals surface area contributed by atoms with Crippen LogP contribution in [0.2, 0.25) is 0 Å². The van der Waals surface area contributed by atoms with Crippen molar-refractivity contribution in [2.75, 3.05) is 0 Å². The van der Waals surface area contributed by atoms with Crippen molar-refractivity contribution in [3.8, 4) is 0 Å². The maximum Gasteiger partial charge on any atom is 0.573 e. The standard InChI is InChI=1S/C8H11F3O/c1-3-5-6-7(4-2)12-8(9,10)11/h4-6H,3H2,1-2H3/b6-5-,7-4+. The molecule has 0 fully saturated rings. The van der Waals surface area contributed by atoms with Crippen molar-refractivity contribution in [1.29, 1.82) is 0 Å². The molecule has 0 radical (unpaired) electrons. The number of halogens is 3. The van der Waals surface area contributed by atoms with Crippen molar-refractivity contribution in [2.24, 2.45) is 0 Å². The van der Waals surface area contributed by atoms with Gasteiger partial charge in [0.05, 0.1) is 0 Å². The molecule has 0 aliphatic rings. The normalized spacial score (nSPS) is 13.9. The Morgan fingerprint density at radius 1 is 1.42 bits per heavy atom. The van der Waals surface area contributed by atoms with Crippen LogP contribution in [-0.2, 0) is 4.74 Å². The summed E-state index contributed by atoms with van der Waals surface area (Å²) in [7, 11) is 0. The number of hydrogen-bond acceptors (Lipinski definition) is 1. The summed E-state index contributed by atoms with van der Waals surface area (Å²) in [4.78, 5) is 0. The molecular weight excluding hydrogens is 169 g/mol. The fourth-order valence-corrected chi connectivity index (χ4v) is 0.557. The highest BCUT2D eigenvalue weighted by molar-refractivity contribution is 5.10. The minimum absolute atomic E-state index is 0.177. The number of hydrogen-bond donors (Lipinski definition) is 0. The number of ether oxygens (including phenoxy) is 1. The lowest BCUT2D eigenvalue weighted by molar-refractivity contribution is -0.303. The zero-order valence-electron chi connectivity index (χ0n) is 6.98. The van der Waals surface area contributed by atoms with E-state index in [2.05, 4.69) is 4.74 Å². The first-order valence-corrected chi connectivity index (χ1v) is 3.58. The van der Waals surface area contributed by atoms with Gasteiger partial charge in [0.1, 0.15) is 5.76 Å². The lowest BCUT2D eigenvalue weighted by Gasteiger charge is -2.08. The summed E-state index contributed by atoms with van der Waals surface area (Å²) < 4.78 is 38.5. The van der Waals surface area contributed by atoms with Crippen molar-refractivity contribution in [2.45, 2.75) is 26.6 Å². The fourth-order valence-electron chi connectivity index (χ4n) is 0.557. The summed E-state index contributed by atoms with van der Waals surface area (Å²) in [6.45, 7) is 3.32. The number of rotatable bonds is 3. The number of alkyl halides is 3. The smallest absolute Gasteiger partial charge is 0.406 e. The zero-order chi connectivity index (χ0) is 9.61. The van der Waals surface area contributed by atoms with Gasteiger partial charge < -0.3 is 4.74 Å². The van der Waals surface area contributed by atoms with Crippen LogP contribution in [0.15, 0.2) is 24.0 Å². The van der Waals surface area contributed by atoms with E-state index in [0.717, 1.165) is 0 Å². The lowest BCUT2D eigenvalue weighted by atomic mass is 10.3. The summed E-state index contributed by atoms with van der Waals surface area (Å²) in [6.07, 6.45) is 0.243. The van der Waals surface area contributed by atoms with E-state index in [-0.39, 0.29) is 5.76 Å². The molecule has 0 heterocycles. The van der Waals surface area contributed by atoms with Crippen LogP contribution < -0.4 is 0 Å². The molecule has 0 unspecified atom stereocenters. The molecule has 0 aromatic carbocycles. The molecule has 1 nitrogen and oxygen atoms in total. The Kier molecular flexibility index (Phi) is 4.47. The topological polar surface area (TPSA) is 9.23 Å². The average Bonchev–Trinajstić information content (AvgIpc) is 1.95. The maximum absolute atomic E-state index is 11.6. The van der Waals surface area contributed by atoms with Gasteiger partial charge in [-0.1, -0.05) is 13.0 Å². The van der Waals surface area contributed by atoms with Crippen molar-refractivity contribution in [3.05, 3.63) is 24.0 Å². The maximum atomic E-state index is 11.6. The van der Waals surface area contributed by atoms with Gasteiger partial charge in [0.15, 0.2) is 0 Å². The molecule has 0 saturated carbocycles. The molecule has 0 bridgehead atoms. The van der Waals surface area contributed by atoms with Gasteiger partial charge in [-0.25, -0.2) is 0 Å². The highest BCUT2D eigenvalue weighted by Gasteiger charge is 2.31. The van der Waals surface area contributed by atoms with E-state index >= 15 is 0 Å². The molecule has 0 saturated heterocycles. The molecule has 0 atom stereocenters. The zero-order valence-corrected chi connectivity index (χ0v) is 6.98. The van der Waals surface area contributed by atoms with Gasteiger partial charge in [0.2, 0.25) is 0 Å². The van der Waals surface area contributed by atoms with Crippen LogP contribution >= 0.6 is 0 Å². The van der Waals surface area contributed by atoms with Gasteiger partial charge in [-0.3, -0.25) is 0 Å². The first kappa shape index (κ1) is 11.1. The second-order valence-electron chi connectivity index (χ2n) is 2.05. The van der Waals surface area contributed by atoms with Crippen LogP contribution in [0.1, 0.15) is 20.3 Å². The Balaban J connectivity index is 4.12. The summed E-state index contributed by atoms with van der Waals surface area (Å²) in [5.41, 5.74) is 0. The molecule has 0 aliphatic carbocycles. The van der Waals surface area contributed by atoms with Crippen LogP contribution in [0.25, 0.3) is 0 Å². The molecular formula is C8H11F3O. The van der Waals surface area contributed by atoms with Crippen molar-refractivity contribution >= 4 is 0 Å². The first-order valence-electron chi connectivity index (χ1n) is 3.58. The molecule has 0 aliphatic heterocycles. The second-order valence-corrected chi connectivity index (χ2v) is 2.05. The molecule has 0 spiro atoms. The van der Waals surface area contributed by atoms with E-state index < -0.39 is 6.36 Å². The molecule has 0 rings (SSSR count). The van der Waals surface area contributed by atoms with Crippen molar-refractivity contribution in [3.63, 3.8) is 0 Å². The fraction of sp³-hybridized carbons (Fsp3) is 0.500. The molecule has 0 N–H and O–H groups in total. The predicted octanol–water partition coefficient (Wildman–Crippen LogP) is 3.39. The van der Waals surface area contributed by atoms with Crippen LogP contribution in [0.5, 0.6) is 0 Å². The van der Waals surface area contributed by atoms with Crippen LogP contribution in [0.3, 0.4) is 0 Å². The third-order valence-corrected chi connectivity index (χ3v) is 1.04. The minimum atomic E-state index is -4.60. The van der Waals surface area contributed by atoms with Gasteiger partial charge in [-0.2, -0.15) is 0 Å². The van der Waals surface area contributed by atoms with Crippen LogP contribution in [0, 0.1) is 0 Å². The van der Waals surface area contributed by atoms with Crippen molar-refractivity contribution in [1.82, 2.24) is 0 Å². The molecule has 4 heteroatoms. The van der Waals surface area contributed by atoms with E-state index in [4.69, 9.17) is 0 Å². The quantitative estimate of drug-likeness (QED) is 0.477. The molecule has 0 aromatic rings. The monoisotopic (exact) mass is 180 g/mol. The van der Waals surface area contributed by atoms with E-state index in [1.54, 1.807) is 6.08 Å². The molecule has 12 heavy (non-hydrogen) atoms. The van der Waals surface area contributed by atoms with Crippen molar-refractivity contribution < 1.29 is 17.9 Å². The Morgan fingerprint density at radius 3 is 2.33 bits per heavy atom. The van der Waals surface area contributed by atoms with Crippen LogP contribution in [-0.4, -0.2) is 6.36 Å². The van der Waals surface area contributed by atoms with Gasteiger partial charge in [-0.15, -0.1) is 13.2 Å². The summed E-state index contributed by atoms with van der Waals surface area (Å²) in [5, 5.41) is 0. The van der Waals surface area contributed by atoms with Gasteiger partial charge in [0, 0.05) is 0 Å². The van der Waals surface area contributed by atoms with E-state index in [9.17, 15) is 13.2 Å². The highest BCUT2D eigenvalue weighted by atomic mass is 19.4. The lowest BCUT2D eigenvalue weighted by Crippen LogP contribution is -2.11. The predicted molar refractivity (Wildman–Crippen MR) is 40.3 cm³/mol. The Morgan fingerprint density at radius 2 is 2.00 bits per heavy atom. The number of allylic oxidation sites excluding steroid dienone is 3. The van der Waals surface area contributed by atoms with E-state index in [0.29, 0.717) is 6.42 Å². The third-order valence-electron chi connectivity index (χ3n) is 1.04. The SMILES string of the molecule is C/C=C(\C=C/CC)OC(F)(F)F. The highest BCUT2D eigenvalue weighted by Crippen LogP contribution is 2.21. The van der Waals surface area contributed by atoms with E-state index in [1.807, 2.05) is 6.92 Å². The third kappa shape index (κ3) is 5.82. The molecule has 0 amide bonds. The Labute approximate surface area is 69.5 Å². The Hall–Kier alpha value is -0.930. The van der Waals surface area contributed by atoms with E-state index in [1.165, 1.54) is 19.1 Å². The second kappa shape index (κ2) is 4.85. The summed E-state index contributed by atoms with van der Waals surface area (Å²) in [5.74, 6) is -0.177. The van der Waals surface area contributed by atoms with Crippen LogP contribution in [0.4, 0.5) is 13.2 Å². The van der Waals surface area contributed by atoms with Gasteiger partial charge in [-0.05, 0) is 25.5 Å². The van der Waals surface area contributed by atoms with Gasteiger partial charge in [0.25, 0.3) is 0 Å². The summed E-state index contributed by atoms with van der Waals surface area (Å²) >= 11 is 0. The molecule has 70 valence electrons. The van der Waals surface area contributed by atoms with Gasteiger partial charge >= 0.3 is 6.36 Å². The summed E-state index contributed by atoms with van der Waals surface area (Å²) in [6, 6.07) is 0. The largest absolute Gasteiger partial charge is 0.573 e. The Bertz CT molecular complexity index is 179. The first-order chi connectivity index (χ1) is 5.49.